The Kier molecular flexibility index (Phi) is 3.94. The van der Waals surface area contributed by atoms with Crippen molar-refractivity contribution in [3.63, 3.8) is 0 Å². The molecule has 1 fully saturated rings. The summed E-state index contributed by atoms with van der Waals surface area (Å²) in [6, 6.07) is 7.00. The minimum absolute atomic E-state index is 0.105. The summed E-state index contributed by atoms with van der Waals surface area (Å²) in [7, 11) is 0. The quantitative estimate of drug-likeness (QED) is 0.830. The zero-order valence-corrected chi connectivity index (χ0v) is 10.5. The Morgan fingerprint density at radius 2 is 1.68 bits per heavy atom. The lowest BCUT2D eigenvalue weighted by molar-refractivity contribution is -0.148. The first-order chi connectivity index (χ1) is 9.08. The summed E-state index contributed by atoms with van der Waals surface area (Å²) >= 11 is 0. The normalized spacial score (nSPS) is 15.7. The molecule has 0 bridgehead atoms. The number of hydrogen-bond acceptors (Lipinski definition) is 3. The second-order valence-electron chi connectivity index (χ2n) is 4.57. The summed E-state index contributed by atoms with van der Waals surface area (Å²) in [4.78, 5) is 35.5. The van der Waals surface area contributed by atoms with E-state index in [1.165, 1.54) is 4.90 Å². The van der Waals surface area contributed by atoms with Crippen LogP contribution in [0.3, 0.4) is 0 Å². The number of carbonyl (C=O) groups is 3. The third-order valence-corrected chi connectivity index (χ3v) is 3.17. The lowest BCUT2D eigenvalue weighted by Gasteiger charge is -2.25. The first-order valence-electron chi connectivity index (χ1n) is 6.19. The van der Waals surface area contributed by atoms with Gasteiger partial charge in [-0.15, -0.1) is 0 Å². The van der Waals surface area contributed by atoms with Crippen molar-refractivity contribution in [3.05, 3.63) is 35.4 Å². The molecule has 0 atom stereocenters. The Balaban J connectivity index is 2.20. The molecule has 1 heterocycles. The maximum atomic E-state index is 11.7. The molecule has 0 saturated carbocycles. The van der Waals surface area contributed by atoms with E-state index in [9.17, 15) is 14.4 Å². The van der Waals surface area contributed by atoms with Crippen LogP contribution >= 0.6 is 0 Å². The topological polar surface area (TPSA) is 74.7 Å². The summed E-state index contributed by atoms with van der Waals surface area (Å²) in [6.45, 7) is 0.168. The molecular formula is C14H15NO4. The van der Waals surface area contributed by atoms with E-state index in [4.69, 9.17) is 5.11 Å². The van der Waals surface area contributed by atoms with Gasteiger partial charge in [-0.3, -0.25) is 19.3 Å². The molecule has 0 unspecified atom stereocenters. The highest BCUT2D eigenvalue weighted by Gasteiger charge is 2.26. The van der Waals surface area contributed by atoms with E-state index in [1.54, 1.807) is 24.3 Å². The fraction of sp³-hybridized carbons (Fsp3) is 0.357. The number of benzene rings is 1. The van der Waals surface area contributed by atoms with Crippen molar-refractivity contribution < 1.29 is 19.5 Å². The van der Waals surface area contributed by atoms with Crippen molar-refractivity contribution in [1.82, 2.24) is 4.90 Å². The highest BCUT2D eigenvalue weighted by molar-refractivity contribution is 5.97. The number of amides is 2. The van der Waals surface area contributed by atoms with Gasteiger partial charge in [-0.05, 0) is 17.5 Å². The molecule has 1 aliphatic heterocycles. The van der Waals surface area contributed by atoms with Gasteiger partial charge >= 0.3 is 5.97 Å². The summed E-state index contributed by atoms with van der Waals surface area (Å²) < 4.78 is 0. The van der Waals surface area contributed by atoms with Crippen LogP contribution in [0, 0.1) is 0 Å². The van der Waals surface area contributed by atoms with Crippen LogP contribution in [0.15, 0.2) is 24.3 Å². The number of carboxylic acids is 1. The van der Waals surface area contributed by atoms with Gasteiger partial charge in [0, 0.05) is 12.8 Å². The molecule has 2 amide bonds. The van der Waals surface area contributed by atoms with Crippen LogP contribution in [0.25, 0.3) is 0 Å². The summed E-state index contributed by atoms with van der Waals surface area (Å²) in [5.41, 5.74) is 1.36. The molecule has 5 heteroatoms. The van der Waals surface area contributed by atoms with E-state index in [-0.39, 0.29) is 24.8 Å². The van der Waals surface area contributed by atoms with Gasteiger partial charge in [-0.2, -0.15) is 0 Å². The number of imide groups is 1. The van der Waals surface area contributed by atoms with Crippen LogP contribution in [-0.4, -0.2) is 27.8 Å². The number of carboxylic acid groups (broad SMARTS) is 1. The molecule has 0 aliphatic carbocycles. The minimum Gasteiger partial charge on any atom is -0.481 e. The monoisotopic (exact) mass is 261 g/mol. The van der Waals surface area contributed by atoms with Gasteiger partial charge in [0.25, 0.3) is 0 Å². The van der Waals surface area contributed by atoms with Crippen molar-refractivity contribution in [1.29, 1.82) is 0 Å². The number of hydrogen-bond donors (Lipinski definition) is 1. The zero-order valence-electron chi connectivity index (χ0n) is 10.5. The maximum absolute atomic E-state index is 11.7. The van der Waals surface area contributed by atoms with Crippen molar-refractivity contribution in [2.24, 2.45) is 0 Å². The molecule has 1 N–H and O–H groups in total. The standard InChI is InChI=1S/C14H15NO4/c16-12-6-3-7-13(17)15(12)9-11-5-2-1-4-10(11)8-14(18)19/h1-2,4-5H,3,6-9H2,(H,18,19). The van der Waals surface area contributed by atoms with Crippen LogP contribution in [0.5, 0.6) is 0 Å². The van der Waals surface area contributed by atoms with Crippen LogP contribution in [0.4, 0.5) is 0 Å². The lowest BCUT2D eigenvalue weighted by atomic mass is 10.0. The molecule has 0 radical (unpaired) electrons. The van der Waals surface area contributed by atoms with Gasteiger partial charge in [-0.25, -0.2) is 0 Å². The minimum atomic E-state index is -0.927. The molecule has 1 aliphatic rings. The fourth-order valence-electron chi connectivity index (χ4n) is 2.19. The van der Waals surface area contributed by atoms with Gasteiger partial charge in [0.15, 0.2) is 0 Å². The Morgan fingerprint density at radius 3 is 2.26 bits per heavy atom. The summed E-state index contributed by atoms with van der Waals surface area (Å²) in [6.07, 6.45) is 1.26. The third kappa shape index (κ3) is 3.19. The molecule has 5 nitrogen and oxygen atoms in total. The van der Waals surface area contributed by atoms with Gasteiger partial charge in [0.1, 0.15) is 0 Å². The molecule has 0 aromatic heterocycles. The predicted molar refractivity (Wildman–Crippen MR) is 67.2 cm³/mol. The highest BCUT2D eigenvalue weighted by Crippen LogP contribution is 2.18. The average molecular weight is 261 g/mol. The van der Waals surface area contributed by atoms with Gasteiger partial charge in [-0.1, -0.05) is 24.3 Å². The molecule has 0 spiro atoms. The number of rotatable bonds is 4. The van der Waals surface area contributed by atoms with E-state index in [2.05, 4.69) is 0 Å². The van der Waals surface area contributed by atoms with Crippen LogP contribution < -0.4 is 0 Å². The van der Waals surface area contributed by atoms with Gasteiger partial charge in [0.2, 0.25) is 11.8 Å². The smallest absolute Gasteiger partial charge is 0.307 e. The lowest BCUT2D eigenvalue weighted by Crippen LogP contribution is -2.39. The number of aliphatic carboxylic acids is 1. The van der Waals surface area contributed by atoms with Crippen LogP contribution in [0.1, 0.15) is 30.4 Å². The first kappa shape index (κ1) is 13.3. The second-order valence-corrected chi connectivity index (χ2v) is 4.57. The molecule has 1 aromatic rings. The van der Waals surface area contributed by atoms with Gasteiger partial charge < -0.3 is 5.11 Å². The fourth-order valence-corrected chi connectivity index (χ4v) is 2.19. The van der Waals surface area contributed by atoms with E-state index < -0.39 is 5.97 Å². The van der Waals surface area contributed by atoms with E-state index >= 15 is 0 Å². The maximum Gasteiger partial charge on any atom is 0.307 e. The molecular weight excluding hydrogens is 246 g/mol. The first-order valence-corrected chi connectivity index (χ1v) is 6.19. The molecule has 19 heavy (non-hydrogen) atoms. The van der Waals surface area contributed by atoms with Crippen molar-refractivity contribution in [2.45, 2.75) is 32.2 Å². The number of likely N-dealkylation sites (tertiary alicyclic amines) is 1. The SMILES string of the molecule is O=C(O)Cc1ccccc1CN1C(=O)CCCC1=O. The Morgan fingerprint density at radius 1 is 1.11 bits per heavy atom. The zero-order chi connectivity index (χ0) is 13.8. The largest absolute Gasteiger partial charge is 0.481 e. The van der Waals surface area contributed by atoms with Crippen molar-refractivity contribution in [2.75, 3.05) is 0 Å². The Hall–Kier alpha value is -2.17. The van der Waals surface area contributed by atoms with Gasteiger partial charge in [0.05, 0.1) is 13.0 Å². The average Bonchev–Trinajstić information content (AvgIpc) is 2.35. The van der Waals surface area contributed by atoms with Crippen molar-refractivity contribution in [3.8, 4) is 0 Å². The molecule has 2 rings (SSSR count). The highest BCUT2D eigenvalue weighted by atomic mass is 16.4. The Bertz CT molecular complexity index is 508. The predicted octanol–water partition coefficient (Wildman–Crippen LogP) is 1.35. The second kappa shape index (κ2) is 5.65. The molecule has 1 aromatic carbocycles. The number of nitrogens with zero attached hydrogens (tertiary/aromatic N) is 1. The van der Waals surface area contributed by atoms with E-state index in [1.807, 2.05) is 0 Å². The summed E-state index contributed by atoms with van der Waals surface area (Å²) in [5.74, 6) is -1.29. The van der Waals surface area contributed by atoms with E-state index in [0.717, 1.165) is 0 Å². The summed E-state index contributed by atoms with van der Waals surface area (Å²) in [5, 5.41) is 8.85. The van der Waals surface area contributed by atoms with Crippen LogP contribution in [-0.2, 0) is 27.3 Å². The Labute approximate surface area is 110 Å². The van der Waals surface area contributed by atoms with Crippen molar-refractivity contribution >= 4 is 17.8 Å². The molecule has 1 saturated heterocycles. The number of carbonyl (C=O) groups excluding carboxylic acids is 2. The van der Waals surface area contributed by atoms with Crippen LogP contribution in [0.2, 0.25) is 0 Å². The van der Waals surface area contributed by atoms with E-state index in [0.29, 0.717) is 30.4 Å². The number of piperidine rings is 1. The molecule has 100 valence electrons. The third-order valence-electron chi connectivity index (χ3n) is 3.17.